The molecular formula is C17H21IN4O2S. The van der Waals surface area contributed by atoms with E-state index in [1.54, 1.807) is 37.0 Å². The molecule has 0 aliphatic heterocycles. The van der Waals surface area contributed by atoms with Gasteiger partial charge in [-0.1, -0.05) is 36.4 Å². The van der Waals surface area contributed by atoms with E-state index in [0.29, 0.717) is 18.1 Å². The maximum atomic E-state index is 11.0. The molecule has 0 saturated heterocycles. The first kappa shape index (κ1) is 21.2. The van der Waals surface area contributed by atoms with Gasteiger partial charge in [0.2, 0.25) is 0 Å². The Kier molecular flexibility index (Phi) is 9.93. The zero-order chi connectivity index (χ0) is 17.2. The van der Waals surface area contributed by atoms with Crippen LogP contribution in [0.1, 0.15) is 5.56 Å². The van der Waals surface area contributed by atoms with Gasteiger partial charge in [0.15, 0.2) is 5.96 Å². The molecule has 0 amide bonds. The Bertz CT molecular complexity index is 698. The lowest BCUT2D eigenvalue weighted by Gasteiger charge is -2.12. The Morgan fingerprint density at radius 2 is 1.80 bits per heavy atom. The Morgan fingerprint density at radius 3 is 2.48 bits per heavy atom. The van der Waals surface area contributed by atoms with Crippen molar-refractivity contribution in [1.82, 2.24) is 10.6 Å². The number of hydrogen-bond donors (Lipinski definition) is 2. The van der Waals surface area contributed by atoms with E-state index in [-0.39, 0.29) is 34.6 Å². The van der Waals surface area contributed by atoms with Gasteiger partial charge in [0.05, 0.1) is 4.92 Å². The third-order valence-corrected chi connectivity index (χ3v) is 4.28. The average molecular weight is 472 g/mol. The second-order valence-corrected chi connectivity index (χ2v) is 6.07. The fourth-order valence-corrected chi connectivity index (χ4v) is 2.88. The highest BCUT2D eigenvalue weighted by Crippen LogP contribution is 2.17. The Morgan fingerprint density at radius 1 is 1.12 bits per heavy atom. The Balaban J connectivity index is 0.00000312. The van der Waals surface area contributed by atoms with Crippen molar-refractivity contribution in [3.63, 3.8) is 0 Å². The highest BCUT2D eigenvalue weighted by atomic mass is 127. The standard InChI is InChI=1S/C17H20N4O2S.HI/c1-18-17(19-11-12-24-15-8-3-2-4-9-15)20-13-14-7-5-6-10-16(14)21(22)23;/h2-10H,11-13H2,1H3,(H2,18,19,20);1H. The summed E-state index contributed by atoms with van der Waals surface area (Å²) in [6.07, 6.45) is 0. The molecule has 2 aromatic carbocycles. The molecular weight excluding hydrogens is 451 g/mol. The van der Waals surface area contributed by atoms with Gasteiger partial charge in [-0.2, -0.15) is 0 Å². The van der Waals surface area contributed by atoms with Gasteiger partial charge in [0.25, 0.3) is 5.69 Å². The summed E-state index contributed by atoms with van der Waals surface area (Å²) in [6.45, 7) is 1.10. The SMILES string of the molecule is CN=C(NCCSc1ccccc1)NCc1ccccc1[N+](=O)[O-].I. The third-order valence-electron chi connectivity index (χ3n) is 3.26. The molecule has 0 unspecified atom stereocenters. The number of guanidine groups is 1. The molecule has 134 valence electrons. The van der Waals surface area contributed by atoms with Crippen LogP contribution in [0, 0.1) is 10.1 Å². The smallest absolute Gasteiger partial charge is 0.274 e. The average Bonchev–Trinajstić information content (AvgIpc) is 2.62. The zero-order valence-corrected chi connectivity index (χ0v) is 17.0. The molecule has 0 heterocycles. The Labute approximate surface area is 168 Å². The van der Waals surface area contributed by atoms with E-state index in [2.05, 4.69) is 27.8 Å². The predicted octanol–water partition coefficient (Wildman–Crippen LogP) is 3.67. The number of benzene rings is 2. The maximum Gasteiger partial charge on any atom is 0.274 e. The molecule has 0 atom stereocenters. The molecule has 0 fully saturated rings. The van der Waals surface area contributed by atoms with Crippen LogP contribution in [0.3, 0.4) is 0 Å². The molecule has 0 spiro atoms. The summed E-state index contributed by atoms with van der Waals surface area (Å²) in [5.41, 5.74) is 0.740. The van der Waals surface area contributed by atoms with Crippen molar-refractivity contribution in [3.05, 3.63) is 70.3 Å². The van der Waals surface area contributed by atoms with Crippen LogP contribution in [0.2, 0.25) is 0 Å². The van der Waals surface area contributed by atoms with Crippen molar-refractivity contribution < 1.29 is 4.92 Å². The summed E-state index contributed by atoms with van der Waals surface area (Å²) in [4.78, 5) is 16.0. The van der Waals surface area contributed by atoms with Crippen molar-refractivity contribution >= 4 is 47.4 Å². The van der Waals surface area contributed by atoms with Gasteiger partial charge in [0.1, 0.15) is 0 Å². The highest BCUT2D eigenvalue weighted by molar-refractivity contribution is 14.0. The third kappa shape index (κ3) is 7.30. The molecule has 2 N–H and O–H groups in total. The van der Waals surface area contributed by atoms with Gasteiger partial charge in [-0.05, 0) is 12.1 Å². The number of aliphatic imine (C=N–C) groups is 1. The minimum absolute atomic E-state index is 0. The van der Waals surface area contributed by atoms with E-state index in [1.807, 2.05) is 18.2 Å². The van der Waals surface area contributed by atoms with Crippen LogP contribution in [0.25, 0.3) is 0 Å². The van der Waals surface area contributed by atoms with Crippen molar-refractivity contribution in [2.45, 2.75) is 11.4 Å². The van der Waals surface area contributed by atoms with Crippen LogP contribution < -0.4 is 10.6 Å². The number of nitro groups is 1. The topological polar surface area (TPSA) is 79.6 Å². The summed E-state index contributed by atoms with van der Waals surface area (Å²) in [6, 6.07) is 16.9. The lowest BCUT2D eigenvalue weighted by molar-refractivity contribution is -0.385. The minimum atomic E-state index is -0.371. The van der Waals surface area contributed by atoms with Crippen molar-refractivity contribution in [2.24, 2.45) is 4.99 Å². The van der Waals surface area contributed by atoms with E-state index in [1.165, 1.54) is 11.0 Å². The van der Waals surface area contributed by atoms with Crippen LogP contribution in [0.4, 0.5) is 5.69 Å². The number of thioether (sulfide) groups is 1. The number of para-hydroxylation sites is 1. The largest absolute Gasteiger partial charge is 0.356 e. The molecule has 0 bridgehead atoms. The molecule has 6 nitrogen and oxygen atoms in total. The molecule has 0 aliphatic rings. The minimum Gasteiger partial charge on any atom is -0.356 e. The summed E-state index contributed by atoms with van der Waals surface area (Å²) in [5.74, 6) is 1.53. The van der Waals surface area contributed by atoms with Gasteiger partial charge in [-0.25, -0.2) is 0 Å². The van der Waals surface area contributed by atoms with E-state index < -0.39 is 0 Å². The fraction of sp³-hybridized carbons (Fsp3) is 0.235. The number of halogens is 1. The van der Waals surface area contributed by atoms with Gasteiger partial charge < -0.3 is 10.6 Å². The van der Waals surface area contributed by atoms with E-state index in [0.717, 1.165) is 12.3 Å². The fourth-order valence-electron chi connectivity index (χ4n) is 2.09. The lowest BCUT2D eigenvalue weighted by atomic mass is 10.2. The van der Waals surface area contributed by atoms with E-state index in [9.17, 15) is 10.1 Å². The second kappa shape index (κ2) is 11.7. The van der Waals surface area contributed by atoms with Crippen molar-refractivity contribution in [1.29, 1.82) is 0 Å². The maximum absolute atomic E-state index is 11.0. The molecule has 0 aromatic heterocycles. The van der Waals surface area contributed by atoms with Crippen molar-refractivity contribution in [3.8, 4) is 0 Å². The first-order valence-electron chi connectivity index (χ1n) is 7.55. The number of nitrogens with one attached hydrogen (secondary N) is 2. The first-order chi connectivity index (χ1) is 11.7. The number of nitrogens with zero attached hydrogens (tertiary/aromatic N) is 2. The monoisotopic (exact) mass is 472 g/mol. The quantitative estimate of drug-likeness (QED) is 0.122. The Hall–Kier alpha value is -1.81. The van der Waals surface area contributed by atoms with Gasteiger partial charge >= 0.3 is 0 Å². The second-order valence-electron chi connectivity index (χ2n) is 4.90. The molecule has 25 heavy (non-hydrogen) atoms. The summed E-state index contributed by atoms with van der Waals surface area (Å²) < 4.78 is 0. The van der Waals surface area contributed by atoms with Crippen LogP contribution in [0.15, 0.2) is 64.5 Å². The summed E-state index contributed by atoms with van der Waals surface area (Å²) in [7, 11) is 1.68. The van der Waals surface area contributed by atoms with Crippen LogP contribution in [0.5, 0.6) is 0 Å². The normalized spacial score (nSPS) is 10.7. The van der Waals surface area contributed by atoms with Gasteiger partial charge in [-0.3, -0.25) is 15.1 Å². The highest BCUT2D eigenvalue weighted by Gasteiger charge is 2.12. The van der Waals surface area contributed by atoms with E-state index >= 15 is 0 Å². The van der Waals surface area contributed by atoms with Crippen LogP contribution in [-0.2, 0) is 6.54 Å². The number of rotatable bonds is 7. The molecule has 0 radical (unpaired) electrons. The molecule has 8 heteroatoms. The predicted molar refractivity (Wildman–Crippen MR) is 114 cm³/mol. The van der Waals surface area contributed by atoms with Crippen LogP contribution in [-0.4, -0.2) is 30.2 Å². The number of hydrogen-bond acceptors (Lipinski definition) is 4. The summed E-state index contributed by atoms with van der Waals surface area (Å²) >= 11 is 1.76. The lowest BCUT2D eigenvalue weighted by Crippen LogP contribution is -2.38. The molecule has 0 aliphatic carbocycles. The van der Waals surface area contributed by atoms with Gasteiger partial charge in [-0.15, -0.1) is 35.7 Å². The summed E-state index contributed by atoms with van der Waals surface area (Å²) in [5, 5.41) is 17.3. The van der Waals surface area contributed by atoms with Crippen molar-refractivity contribution in [2.75, 3.05) is 19.3 Å². The van der Waals surface area contributed by atoms with E-state index in [4.69, 9.17) is 0 Å². The first-order valence-corrected chi connectivity index (χ1v) is 8.54. The molecule has 2 aromatic rings. The van der Waals surface area contributed by atoms with Gasteiger partial charge in [0, 0.05) is 42.4 Å². The van der Waals surface area contributed by atoms with Crippen LogP contribution >= 0.6 is 35.7 Å². The molecule has 2 rings (SSSR count). The number of nitro benzene ring substituents is 1. The molecule has 0 saturated carbocycles. The zero-order valence-electron chi connectivity index (χ0n) is 13.8.